The summed E-state index contributed by atoms with van der Waals surface area (Å²) < 4.78 is 66.3. The maximum absolute atomic E-state index is 14.5. The molecule has 1 heterocycles. The first-order valence-electron chi connectivity index (χ1n) is 7.30. The average Bonchev–Trinajstić information content (AvgIpc) is 2.90. The summed E-state index contributed by atoms with van der Waals surface area (Å²) in [5.74, 6) is -1.28. The fourth-order valence-electron chi connectivity index (χ4n) is 2.18. The predicted octanol–water partition coefficient (Wildman–Crippen LogP) is 6.16. The minimum absolute atomic E-state index is 0.0748. The second-order valence-electron chi connectivity index (χ2n) is 5.15. The Morgan fingerprint density at radius 1 is 1.29 bits per heavy atom. The highest BCUT2D eigenvalue weighted by Gasteiger charge is 2.27. The van der Waals surface area contributed by atoms with Crippen LogP contribution in [0.2, 0.25) is 10.0 Å². The summed E-state index contributed by atoms with van der Waals surface area (Å²) in [7, 11) is -0.192. The molecule has 0 aliphatic rings. The summed E-state index contributed by atoms with van der Waals surface area (Å²) in [5, 5.41) is 3.51. The quantitative estimate of drug-likeness (QED) is 0.445. The van der Waals surface area contributed by atoms with Gasteiger partial charge in [-0.2, -0.15) is 13.9 Å². The Balaban J connectivity index is 2.61. The van der Waals surface area contributed by atoms with Crippen molar-refractivity contribution in [1.82, 2.24) is 9.78 Å². The van der Waals surface area contributed by atoms with Crippen molar-refractivity contribution in [1.29, 1.82) is 0 Å². The molecular formula is C15H13Cl3F3N2O4P. The van der Waals surface area contributed by atoms with Gasteiger partial charge in [-0.1, -0.05) is 34.8 Å². The van der Waals surface area contributed by atoms with E-state index in [2.05, 4.69) is 9.84 Å². The van der Waals surface area contributed by atoms with Crippen LogP contribution in [0.5, 0.6) is 5.88 Å². The number of alkyl halides is 2. The van der Waals surface area contributed by atoms with Gasteiger partial charge in [0.05, 0.1) is 5.02 Å². The number of benzene rings is 1. The molecule has 13 heteroatoms. The summed E-state index contributed by atoms with van der Waals surface area (Å²) in [5.41, 5.74) is -0.202. The molecule has 6 nitrogen and oxygen atoms in total. The van der Waals surface area contributed by atoms with Gasteiger partial charge in [0.2, 0.25) is 5.88 Å². The van der Waals surface area contributed by atoms with Crippen molar-refractivity contribution in [2.24, 2.45) is 7.05 Å². The summed E-state index contributed by atoms with van der Waals surface area (Å²) in [6.07, 6.45) is 1.16. The Morgan fingerprint density at radius 3 is 2.43 bits per heavy atom. The van der Waals surface area contributed by atoms with Gasteiger partial charge in [-0.05, 0) is 23.8 Å². The number of hydrogen-bond donors (Lipinski definition) is 0. The van der Waals surface area contributed by atoms with E-state index in [0.717, 1.165) is 31.0 Å². The van der Waals surface area contributed by atoms with E-state index in [9.17, 15) is 17.7 Å². The van der Waals surface area contributed by atoms with Gasteiger partial charge in [0.25, 0.3) is 0 Å². The highest BCUT2D eigenvalue weighted by molar-refractivity contribution is 7.61. The van der Waals surface area contributed by atoms with E-state index in [1.165, 1.54) is 13.1 Å². The van der Waals surface area contributed by atoms with Gasteiger partial charge in [0.15, 0.2) is 0 Å². The van der Waals surface area contributed by atoms with Gasteiger partial charge in [0, 0.05) is 26.8 Å². The molecule has 0 aliphatic heterocycles. The lowest BCUT2D eigenvalue weighted by Gasteiger charge is -2.13. The molecule has 0 spiro atoms. The Kier molecular flexibility index (Phi) is 7.47. The lowest BCUT2D eigenvalue weighted by Crippen LogP contribution is -2.06. The molecule has 0 amide bonds. The van der Waals surface area contributed by atoms with Crippen LogP contribution < -0.4 is 4.74 Å². The molecule has 1 aromatic carbocycles. The number of halogens is 6. The van der Waals surface area contributed by atoms with E-state index in [4.69, 9.17) is 43.9 Å². The van der Waals surface area contributed by atoms with Crippen LogP contribution in [-0.4, -0.2) is 30.6 Å². The molecule has 2 rings (SSSR count). The zero-order chi connectivity index (χ0) is 21.2. The molecule has 0 saturated heterocycles. The van der Waals surface area contributed by atoms with E-state index >= 15 is 0 Å². The third kappa shape index (κ3) is 4.67. The third-order valence-corrected chi connectivity index (χ3v) is 6.51. The van der Waals surface area contributed by atoms with Gasteiger partial charge in [0.1, 0.15) is 21.3 Å². The molecule has 0 fully saturated rings. The SMILES string of the molecule is COP(=O)(OC)C(Cl)=Cc1cc(-c2nn(C)c(OC(F)F)c2Cl)c(F)cc1Cl. The predicted molar refractivity (Wildman–Crippen MR) is 101 cm³/mol. The number of hydrogen-bond acceptors (Lipinski definition) is 5. The molecule has 0 unspecified atom stereocenters. The Bertz CT molecular complexity index is 960. The first kappa shape index (κ1) is 23.1. The standard InChI is InChI=1S/C15H13Cl3F3N2O4P/c1-23-14(27-15(20)21)12(18)13(22-23)8-4-7(9(16)6-10(8)19)5-11(17)28(24,25-2)26-3/h4-6,15H,1-3H3. The van der Waals surface area contributed by atoms with Crippen molar-refractivity contribution in [2.45, 2.75) is 6.61 Å². The van der Waals surface area contributed by atoms with Crippen LogP contribution in [0.1, 0.15) is 5.56 Å². The topological polar surface area (TPSA) is 62.6 Å². The monoisotopic (exact) mass is 478 g/mol. The Morgan fingerprint density at radius 2 is 1.89 bits per heavy atom. The van der Waals surface area contributed by atoms with E-state index < -0.39 is 25.9 Å². The van der Waals surface area contributed by atoms with Crippen LogP contribution >= 0.6 is 42.4 Å². The van der Waals surface area contributed by atoms with Crippen molar-refractivity contribution in [3.05, 3.63) is 38.3 Å². The summed E-state index contributed by atoms with van der Waals surface area (Å²) in [6.45, 7) is -3.15. The van der Waals surface area contributed by atoms with Crippen LogP contribution in [0.25, 0.3) is 17.3 Å². The molecule has 2 aromatic rings. The van der Waals surface area contributed by atoms with Crippen LogP contribution in [-0.2, 0) is 20.7 Å². The van der Waals surface area contributed by atoms with Gasteiger partial charge in [-0.25, -0.2) is 9.07 Å². The van der Waals surface area contributed by atoms with Crippen LogP contribution in [0.3, 0.4) is 0 Å². The third-order valence-electron chi connectivity index (χ3n) is 3.50. The summed E-state index contributed by atoms with van der Waals surface area (Å²) >= 11 is 18.0. The van der Waals surface area contributed by atoms with Crippen LogP contribution in [0.4, 0.5) is 13.2 Å². The molecule has 0 saturated carbocycles. The fraction of sp³-hybridized carbons (Fsp3) is 0.267. The second-order valence-corrected chi connectivity index (χ2v) is 8.82. The van der Waals surface area contributed by atoms with E-state index in [1.54, 1.807) is 0 Å². The van der Waals surface area contributed by atoms with Gasteiger partial charge < -0.3 is 13.8 Å². The second kappa shape index (κ2) is 9.07. The number of nitrogens with zero attached hydrogens (tertiary/aromatic N) is 2. The lowest BCUT2D eigenvalue weighted by molar-refractivity contribution is -0.0552. The molecular weight excluding hydrogens is 467 g/mol. The molecule has 28 heavy (non-hydrogen) atoms. The minimum Gasteiger partial charge on any atom is -0.416 e. The summed E-state index contributed by atoms with van der Waals surface area (Å²) in [4.78, 5) is 0. The Hall–Kier alpha value is -1.22. The fourth-order valence-corrected chi connectivity index (χ4v) is 4.02. The number of aromatic nitrogens is 2. The number of ether oxygens (including phenoxy) is 1. The van der Waals surface area contributed by atoms with Gasteiger partial charge in [-0.3, -0.25) is 4.57 Å². The zero-order valence-corrected chi connectivity index (χ0v) is 17.7. The first-order chi connectivity index (χ1) is 13.0. The van der Waals surface area contributed by atoms with E-state index in [-0.39, 0.29) is 31.6 Å². The van der Waals surface area contributed by atoms with Crippen LogP contribution in [0.15, 0.2) is 16.9 Å². The molecule has 0 aliphatic carbocycles. The molecule has 0 atom stereocenters. The van der Waals surface area contributed by atoms with Crippen LogP contribution in [0, 0.1) is 5.82 Å². The Labute approximate surface area is 173 Å². The van der Waals surface area contributed by atoms with Crippen molar-refractivity contribution in [3.63, 3.8) is 0 Å². The van der Waals surface area contributed by atoms with E-state index in [1.807, 2.05) is 0 Å². The molecule has 154 valence electrons. The summed E-state index contributed by atoms with van der Waals surface area (Å²) in [6, 6.07) is 2.14. The van der Waals surface area contributed by atoms with Gasteiger partial charge in [-0.15, -0.1) is 0 Å². The average molecular weight is 480 g/mol. The van der Waals surface area contributed by atoms with Crippen molar-refractivity contribution >= 4 is 48.5 Å². The largest absolute Gasteiger partial charge is 0.416 e. The normalized spacial score (nSPS) is 12.7. The lowest BCUT2D eigenvalue weighted by atomic mass is 10.1. The van der Waals surface area contributed by atoms with Gasteiger partial charge >= 0.3 is 14.2 Å². The first-order valence-corrected chi connectivity index (χ1v) is 9.97. The highest BCUT2D eigenvalue weighted by atomic mass is 35.5. The maximum Gasteiger partial charge on any atom is 0.388 e. The van der Waals surface area contributed by atoms with Crippen molar-refractivity contribution < 1.29 is 31.5 Å². The van der Waals surface area contributed by atoms with E-state index in [0.29, 0.717) is 0 Å². The number of rotatable bonds is 7. The zero-order valence-electron chi connectivity index (χ0n) is 14.6. The molecule has 0 N–H and O–H groups in total. The molecule has 1 aromatic heterocycles. The highest BCUT2D eigenvalue weighted by Crippen LogP contribution is 2.57. The smallest absolute Gasteiger partial charge is 0.388 e. The van der Waals surface area contributed by atoms with Crippen molar-refractivity contribution in [3.8, 4) is 17.1 Å². The van der Waals surface area contributed by atoms with Crippen molar-refractivity contribution in [2.75, 3.05) is 14.2 Å². The number of aryl methyl sites for hydroxylation is 1. The minimum atomic E-state index is -3.76. The molecule has 0 bridgehead atoms. The molecule has 0 radical (unpaired) electrons. The maximum atomic E-state index is 14.5.